The van der Waals surface area contributed by atoms with E-state index in [-0.39, 0.29) is 5.91 Å². The van der Waals surface area contributed by atoms with Crippen LogP contribution in [0, 0.1) is 6.92 Å². The van der Waals surface area contributed by atoms with Crippen LogP contribution in [-0.4, -0.2) is 30.7 Å². The molecule has 1 amide bonds. The number of ether oxygens (including phenoxy) is 1. The molecular formula is C10H17N3O2. The fourth-order valence-electron chi connectivity index (χ4n) is 1.39. The highest BCUT2D eigenvalue weighted by Gasteiger charge is 2.14. The number of nitrogens with zero attached hydrogens (tertiary/aromatic N) is 1. The average molecular weight is 211 g/mol. The lowest BCUT2D eigenvalue weighted by Crippen LogP contribution is -2.29. The number of aryl methyl sites for hydroxylation is 1. The number of hydrogen-bond acceptors (Lipinski definition) is 3. The van der Waals surface area contributed by atoms with Crippen LogP contribution in [0.2, 0.25) is 0 Å². The molecule has 0 bridgehead atoms. The van der Waals surface area contributed by atoms with Crippen LogP contribution in [0.4, 0.5) is 5.69 Å². The van der Waals surface area contributed by atoms with Gasteiger partial charge in [-0.1, -0.05) is 0 Å². The second-order valence-electron chi connectivity index (χ2n) is 3.40. The first-order chi connectivity index (χ1) is 7.07. The third-order valence-electron chi connectivity index (χ3n) is 2.31. The Bertz CT molecular complexity index is 358. The summed E-state index contributed by atoms with van der Waals surface area (Å²) >= 11 is 0. The van der Waals surface area contributed by atoms with Crippen molar-refractivity contribution in [1.29, 1.82) is 0 Å². The topological polar surface area (TPSA) is 69.3 Å². The molecule has 0 aromatic carbocycles. The van der Waals surface area contributed by atoms with Crippen LogP contribution in [0.3, 0.4) is 0 Å². The first-order valence-corrected chi connectivity index (χ1v) is 4.77. The van der Waals surface area contributed by atoms with Crippen molar-refractivity contribution in [3.63, 3.8) is 0 Å². The summed E-state index contributed by atoms with van der Waals surface area (Å²) < 4.78 is 6.62. The van der Waals surface area contributed by atoms with Crippen molar-refractivity contribution < 1.29 is 9.53 Å². The summed E-state index contributed by atoms with van der Waals surface area (Å²) in [6.07, 6.45) is 0. The molecule has 0 atom stereocenters. The van der Waals surface area contributed by atoms with E-state index in [1.165, 1.54) is 0 Å². The molecule has 5 nitrogen and oxygen atoms in total. The van der Waals surface area contributed by atoms with Gasteiger partial charge in [0.1, 0.15) is 5.69 Å². The zero-order valence-electron chi connectivity index (χ0n) is 9.33. The van der Waals surface area contributed by atoms with Crippen LogP contribution in [0.5, 0.6) is 0 Å². The Kier molecular flexibility index (Phi) is 3.74. The highest BCUT2D eigenvalue weighted by molar-refractivity contribution is 5.98. The van der Waals surface area contributed by atoms with Crippen molar-refractivity contribution in [2.45, 2.75) is 6.92 Å². The van der Waals surface area contributed by atoms with Crippen molar-refractivity contribution >= 4 is 11.6 Å². The minimum atomic E-state index is -0.167. The molecule has 0 unspecified atom stereocenters. The average Bonchev–Trinajstić information content (AvgIpc) is 2.41. The summed E-state index contributed by atoms with van der Waals surface area (Å²) in [4.78, 5) is 11.7. The monoisotopic (exact) mass is 211 g/mol. The van der Waals surface area contributed by atoms with Gasteiger partial charge >= 0.3 is 0 Å². The minimum absolute atomic E-state index is 0.167. The Morgan fingerprint density at radius 1 is 1.67 bits per heavy atom. The Balaban J connectivity index is 2.73. The molecule has 0 spiro atoms. The summed E-state index contributed by atoms with van der Waals surface area (Å²) in [5.41, 5.74) is 7.70. The summed E-state index contributed by atoms with van der Waals surface area (Å²) in [6.45, 7) is 2.89. The molecule has 5 heteroatoms. The van der Waals surface area contributed by atoms with E-state index >= 15 is 0 Å². The molecule has 0 radical (unpaired) electrons. The number of anilines is 1. The van der Waals surface area contributed by atoms with Gasteiger partial charge < -0.3 is 20.4 Å². The van der Waals surface area contributed by atoms with Crippen molar-refractivity contribution in [1.82, 2.24) is 9.88 Å². The van der Waals surface area contributed by atoms with Gasteiger partial charge in [-0.05, 0) is 13.0 Å². The molecule has 3 N–H and O–H groups in total. The van der Waals surface area contributed by atoms with Crippen LogP contribution in [0.15, 0.2) is 6.07 Å². The van der Waals surface area contributed by atoms with Crippen LogP contribution in [0.25, 0.3) is 0 Å². The number of amides is 1. The highest BCUT2D eigenvalue weighted by atomic mass is 16.5. The molecular weight excluding hydrogens is 194 g/mol. The Hall–Kier alpha value is -1.49. The van der Waals surface area contributed by atoms with Crippen LogP contribution < -0.4 is 11.1 Å². The number of methoxy groups -OCH3 is 1. The van der Waals surface area contributed by atoms with E-state index in [2.05, 4.69) is 5.32 Å². The second kappa shape index (κ2) is 4.84. The maximum Gasteiger partial charge on any atom is 0.270 e. The molecule has 0 aliphatic carbocycles. The maximum absolute atomic E-state index is 11.7. The lowest BCUT2D eigenvalue weighted by molar-refractivity contribution is 0.0929. The number of nitrogen functional groups attached to an aromatic ring is 1. The smallest absolute Gasteiger partial charge is 0.270 e. The van der Waals surface area contributed by atoms with E-state index in [1.807, 2.05) is 14.0 Å². The molecule has 15 heavy (non-hydrogen) atoms. The number of nitrogens with one attached hydrogen (secondary N) is 1. The number of carbonyl (C=O) groups excluding carboxylic acids is 1. The van der Waals surface area contributed by atoms with Crippen molar-refractivity contribution in [2.24, 2.45) is 7.05 Å². The van der Waals surface area contributed by atoms with Gasteiger partial charge in [-0.3, -0.25) is 4.79 Å². The third-order valence-corrected chi connectivity index (χ3v) is 2.31. The molecule has 1 aromatic rings. The fourth-order valence-corrected chi connectivity index (χ4v) is 1.39. The second-order valence-corrected chi connectivity index (χ2v) is 3.40. The predicted octanol–water partition coefficient (Wildman–Crippen LogP) is 0.292. The van der Waals surface area contributed by atoms with Gasteiger partial charge in [0.05, 0.1) is 12.3 Å². The van der Waals surface area contributed by atoms with E-state index in [4.69, 9.17) is 10.5 Å². The van der Waals surface area contributed by atoms with Crippen LogP contribution >= 0.6 is 0 Å². The Morgan fingerprint density at radius 2 is 2.33 bits per heavy atom. The normalized spacial score (nSPS) is 10.3. The summed E-state index contributed by atoms with van der Waals surface area (Å²) in [6, 6.07) is 1.78. The molecule has 0 aliphatic heterocycles. The van der Waals surface area contributed by atoms with Gasteiger partial charge in [0.25, 0.3) is 5.91 Å². The van der Waals surface area contributed by atoms with Gasteiger partial charge in [-0.15, -0.1) is 0 Å². The lowest BCUT2D eigenvalue weighted by atomic mass is 10.3. The molecule has 0 aliphatic rings. The summed E-state index contributed by atoms with van der Waals surface area (Å²) in [5, 5.41) is 2.73. The summed E-state index contributed by atoms with van der Waals surface area (Å²) in [7, 11) is 3.41. The van der Waals surface area contributed by atoms with Gasteiger partial charge in [0, 0.05) is 26.4 Å². The van der Waals surface area contributed by atoms with Crippen LogP contribution in [0.1, 0.15) is 16.2 Å². The van der Waals surface area contributed by atoms with E-state index in [0.717, 1.165) is 5.69 Å². The zero-order valence-corrected chi connectivity index (χ0v) is 9.33. The minimum Gasteiger partial charge on any atom is -0.397 e. The quantitative estimate of drug-likeness (QED) is 0.703. The predicted molar refractivity (Wildman–Crippen MR) is 58.8 cm³/mol. The number of nitrogens with two attached hydrogens (primary N) is 1. The fraction of sp³-hybridized carbons (Fsp3) is 0.500. The molecule has 1 heterocycles. The molecule has 84 valence electrons. The Labute approximate surface area is 89.2 Å². The first kappa shape index (κ1) is 11.6. The number of hydrogen-bond donors (Lipinski definition) is 2. The SMILES string of the molecule is COCCNC(=O)c1c(N)cc(C)n1C. The Morgan fingerprint density at radius 3 is 2.80 bits per heavy atom. The van der Waals surface area contributed by atoms with Crippen molar-refractivity contribution in [3.05, 3.63) is 17.5 Å². The molecule has 0 saturated carbocycles. The largest absolute Gasteiger partial charge is 0.397 e. The highest BCUT2D eigenvalue weighted by Crippen LogP contribution is 2.15. The molecule has 0 saturated heterocycles. The molecule has 1 rings (SSSR count). The number of carbonyl (C=O) groups is 1. The number of rotatable bonds is 4. The van der Waals surface area contributed by atoms with Gasteiger partial charge in [-0.25, -0.2) is 0 Å². The van der Waals surface area contributed by atoms with E-state index in [0.29, 0.717) is 24.5 Å². The van der Waals surface area contributed by atoms with Gasteiger partial charge in [0.2, 0.25) is 0 Å². The van der Waals surface area contributed by atoms with Gasteiger partial charge in [-0.2, -0.15) is 0 Å². The first-order valence-electron chi connectivity index (χ1n) is 4.77. The molecule has 0 fully saturated rings. The van der Waals surface area contributed by atoms with Gasteiger partial charge in [0.15, 0.2) is 0 Å². The molecule has 1 aromatic heterocycles. The van der Waals surface area contributed by atoms with Crippen molar-refractivity contribution in [3.8, 4) is 0 Å². The van der Waals surface area contributed by atoms with E-state index < -0.39 is 0 Å². The lowest BCUT2D eigenvalue weighted by Gasteiger charge is -2.07. The third kappa shape index (κ3) is 2.50. The standard InChI is InChI=1S/C10H17N3O2/c1-7-6-8(11)9(13(7)2)10(14)12-4-5-15-3/h6H,4-5,11H2,1-3H3,(H,12,14). The number of aromatic nitrogens is 1. The maximum atomic E-state index is 11.7. The van der Waals surface area contributed by atoms with Crippen molar-refractivity contribution in [2.75, 3.05) is 26.0 Å². The van der Waals surface area contributed by atoms with Crippen LogP contribution in [-0.2, 0) is 11.8 Å². The van der Waals surface area contributed by atoms with E-state index in [9.17, 15) is 4.79 Å². The summed E-state index contributed by atoms with van der Waals surface area (Å²) in [5.74, 6) is -0.167. The van der Waals surface area contributed by atoms with E-state index in [1.54, 1.807) is 17.7 Å². The zero-order chi connectivity index (χ0) is 11.4.